The normalized spacial score (nSPS) is 20.4. The topological polar surface area (TPSA) is 49.8 Å². The Balaban J connectivity index is 2.05. The molecule has 1 aliphatic heterocycles. The third kappa shape index (κ3) is 3.06. The fourth-order valence-corrected chi connectivity index (χ4v) is 2.89. The van der Waals surface area contributed by atoms with Gasteiger partial charge in [0.05, 0.1) is 12.2 Å². The summed E-state index contributed by atoms with van der Waals surface area (Å²) in [4.78, 5) is 13.7. The molecule has 5 heteroatoms. The van der Waals surface area contributed by atoms with Crippen molar-refractivity contribution in [3.63, 3.8) is 0 Å². The molecule has 0 unspecified atom stereocenters. The molecule has 1 saturated heterocycles. The van der Waals surface area contributed by atoms with Gasteiger partial charge in [-0.1, -0.05) is 0 Å². The smallest absolute Gasteiger partial charge is 0.346 e. The highest BCUT2D eigenvalue weighted by atomic mass is 32.1. The molecule has 0 spiro atoms. The van der Waals surface area contributed by atoms with E-state index in [1.54, 1.807) is 0 Å². The van der Waals surface area contributed by atoms with Gasteiger partial charge in [-0.3, -0.25) is 4.90 Å². The molecule has 1 fully saturated rings. The van der Waals surface area contributed by atoms with Gasteiger partial charge in [0, 0.05) is 19.6 Å². The van der Waals surface area contributed by atoms with E-state index in [1.165, 1.54) is 11.3 Å². The van der Waals surface area contributed by atoms with E-state index in [-0.39, 0.29) is 5.60 Å². The molecule has 0 radical (unpaired) electrons. The van der Waals surface area contributed by atoms with Gasteiger partial charge in [0.1, 0.15) is 4.88 Å². The quantitative estimate of drug-likeness (QED) is 0.898. The number of carbonyl (C=O) groups is 1. The largest absolute Gasteiger partial charge is 0.477 e. The minimum atomic E-state index is -0.831. The number of hydrogen-bond donors (Lipinski definition) is 1. The summed E-state index contributed by atoms with van der Waals surface area (Å²) in [5, 5.41) is 10.9. The van der Waals surface area contributed by atoms with Crippen LogP contribution in [0.1, 0.15) is 29.1 Å². The summed E-state index contributed by atoms with van der Waals surface area (Å²) in [7, 11) is 0. The number of morpholine rings is 1. The molecule has 0 aliphatic carbocycles. The minimum Gasteiger partial charge on any atom is -0.477 e. The van der Waals surface area contributed by atoms with Gasteiger partial charge in [-0.25, -0.2) is 4.79 Å². The van der Waals surface area contributed by atoms with Crippen molar-refractivity contribution < 1.29 is 14.6 Å². The lowest BCUT2D eigenvalue weighted by molar-refractivity contribution is -0.0882. The van der Waals surface area contributed by atoms with Crippen molar-refractivity contribution in [3.8, 4) is 0 Å². The number of hydrogen-bond acceptors (Lipinski definition) is 4. The van der Waals surface area contributed by atoms with Crippen molar-refractivity contribution in [2.75, 3.05) is 19.7 Å². The van der Waals surface area contributed by atoms with Gasteiger partial charge in [0.25, 0.3) is 0 Å². The van der Waals surface area contributed by atoms with Crippen LogP contribution in [-0.4, -0.2) is 41.3 Å². The number of carboxylic acid groups (broad SMARTS) is 1. The third-order valence-electron chi connectivity index (χ3n) is 2.84. The Labute approximate surface area is 105 Å². The molecule has 0 aromatic carbocycles. The van der Waals surface area contributed by atoms with Crippen LogP contribution in [0.3, 0.4) is 0 Å². The molecule has 0 saturated carbocycles. The highest BCUT2D eigenvalue weighted by molar-refractivity contribution is 7.12. The van der Waals surface area contributed by atoms with Gasteiger partial charge in [-0.15, -0.1) is 11.3 Å². The van der Waals surface area contributed by atoms with Gasteiger partial charge in [0.15, 0.2) is 0 Å². The number of carboxylic acids is 1. The Morgan fingerprint density at radius 3 is 3.06 bits per heavy atom. The molecule has 1 aromatic heterocycles. The van der Waals surface area contributed by atoms with Crippen molar-refractivity contribution in [1.82, 2.24) is 4.90 Å². The van der Waals surface area contributed by atoms with E-state index < -0.39 is 5.97 Å². The van der Waals surface area contributed by atoms with Crippen LogP contribution in [0.2, 0.25) is 0 Å². The summed E-state index contributed by atoms with van der Waals surface area (Å²) in [5.41, 5.74) is 0.762. The van der Waals surface area contributed by atoms with E-state index in [0.717, 1.165) is 18.7 Å². The third-order valence-corrected chi connectivity index (χ3v) is 3.78. The monoisotopic (exact) mass is 255 g/mol. The van der Waals surface area contributed by atoms with E-state index in [9.17, 15) is 4.79 Å². The first-order chi connectivity index (χ1) is 7.98. The molecule has 4 nitrogen and oxygen atoms in total. The first-order valence-corrected chi connectivity index (χ1v) is 6.52. The number of ether oxygens (including phenoxy) is 1. The predicted molar refractivity (Wildman–Crippen MR) is 66.6 cm³/mol. The minimum absolute atomic E-state index is 0.141. The van der Waals surface area contributed by atoms with E-state index in [0.29, 0.717) is 18.0 Å². The standard InChI is InChI=1S/C12H17NO3S/c1-12(2)8-13(4-5-16-12)7-9-3-6-17-10(9)11(14)15/h3,6H,4-5,7-8H2,1-2H3,(H,14,15). The van der Waals surface area contributed by atoms with E-state index in [4.69, 9.17) is 9.84 Å². The van der Waals surface area contributed by atoms with Crippen molar-refractivity contribution >= 4 is 17.3 Å². The van der Waals surface area contributed by atoms with Crippen LogP contribution in [0.5, 0.6) is 0 Å². The lowest BCUT2D eigenvalue weighted by Crippen LogP contribution is -2.47. The Morgan fingerprint density at radius 1 is 1.65 bits per heavy atom. The Morgan fingerprint density at radius 2 is 2.41 bits per heavy atom. The van der Waals surface area contributed by atoms with Crippen LogP contribution in [0, 0.1) is 0 Å². The molecular weight excluding hydrogens is 238 g/mol. The van der Waals surface area contributed by atoms with Crippen LogP contribution in [0.25, 0.3) is 0 Å². The number of aromatic carboxylic acids is 1. The molecule has 94 valence electrons. The molecule has 2 heterocycles. The Hall–Kier alpha value is -0.910. The van der Waals surface area contributed by atoms with E-state index in [2.05, 4.69) is 18.7 Å². The van der Waals surface area contributed by atoms with Crippen LogP contribution < -0.4 is 0 Å². The van der Waals surface area contributed by atoms with Gasteiger partial charge < -0.3 is 9.84 Å². The van der Waals surface area contributed by atoms with E-state index in [1.807, 2.05) is 11.4 Å². The summed E-state index contributed by atoms with van der Waals surface area (Å²) < 4.78 is 5.64. The molecule has 0 bridgehead atoms. The Kier molecular flexibility index (Phi) is 3.51. The first-order valence-electron chi connectivity index (χ1n) is 5.64. The van der Waals surface area contributed by atoms with Crippen molar-refractivity contribution in [1.29, 1.82) is 0 Å². The van der Waals surface area contributed by atoms with Gasteiger partial charge in [-0.05, 0) is 30.9 Å². The van der Waals surface area contributed by atoms with Crippen molar-refractivity contribution in [2.24, 2.45) is 0 Å². The zero-order valence-electron chi connectivity index (χ0n) is 10.1. The number of thiophene rings is 1. The molecular formula is C12H17NO3S. The van der Waals surface area contributed by atoms with Crippen LogP contribution in [-0.2, 0) is 11.3 Å². The van der Waals surface area contributed by atoms with Crippen LogP contribution in [0.15, 0.2) is 11.4 Å². The second-order valence-electron chi connectivity index (χ2n) is 4.90. The highest BCUT2D eigenvalue weighted by Crippen LogP contribution is 2.22. The molecule has 1 aromatic rings. The second-order valence-corrected chi connectivity index (χ2v) is 5.82. The van der Waals surface area contributed by atoms with Gasteiger partial charge in [0.2, 0.25) is 0 Å². The maximum absolute atomic E-state index is 11.0. The molecule has 1 N–H and O–H groups in total. The number of rotatable bonds is 3. The predicted octanol–water partition coefficient (Wildman–Crippen LogP) is 2.06. The first kappa shape index (κ1) is 12.5. The lowest BCUT2D eigenvalue weighted by atomic mass is 10.1. The summed E-state index contributed by atoms with van der Waals surface area (Å²) in [6, 6.07) is 1.90. The summed E-state index contributed by atoms with van der Waals surface area (Å²) in [6.45, 7) is 7.22. The average molecular weight is 255 g/mol. The van der Waals surface area contributed by atoms with Crippen LogP contribution in [0.4, 0.5) is 0 Å². The fourth-order valence-electron chi connectivity index (χ4n) is 2.14. The second kappa shape index (κ2) is 4.76. The molecule has 1 aliphatic rings. The lowest BCUT2D eigenvalue weighted by Gasteiger charge is -2.38. The molecule has 0 amide bonds. The van der Waals surface area contributed by atoms with E-state index >= 15 is 0 Å². The SMILES string of the molecule is CC1(C)CN(Cc2ccsc2C(=O)O)CCO1. The van der Waals surface area contributed by atoms with Gasteiger partial charge in [-0.2, -0.15) is 0 Å². The zero-order chi connectivity index (χ0) is 12.5. The molecule has 17 heavy (non-hydrogen) atoms. The van der Waals surface area contributed by atoms with Crippen molar-refractivity contribution in [2.45, 2.75) is 26.0 Å². The van der Waals surface area contributed by atoms with Gasteiger partial charge >= 0.3 is 5.97 Å². The number of nitrogens with zero attached hydrogens (tertiary/aromatic N) is 1. The molecule has 2 rings (SSSR count). The maximum atomic E-state index is 11.0. The average Bonchev–Trinajstić information content (AvgIpc) is 2.64. The Bertz CT molecular complexity index is 414. The van der Waals surface area contributed by atoms with Crippen molar-refractivity contribution in [3.05, 3.63) is 21.9 Å². The molecule has 0 atom stereocenters. The summed E-state index contributed by atoms with van der Waals surface area (Å²) in [5.74, 6) is -0.831. The highest BCUT2D eigenvalue weighted by Gasteiger charge is 2.27. The zero-order valence-corrected chi connectivity index (χ0v) is 10.9. The summed E-state index contributed by atoms with van der Waals surface area (Å²) in [6.07, 6.45) is 0. The maximum Gasteiger partial charge on any atom is 0.346 e. The summed E-state index contributed by atoms with van der Waals surface area (Å²) >= 11 is 1.29. The fraction of sp³-hybridized carbons (Fsp3) is 0.583. The van der Waals surface area contributed by atoms with Crippen LogP contribution >= 0.6 is 11.3 Å².